The Morgan fingerprint density at radius 2 is 1.91 bits per heavy atom. The van der Waals surface area contributed by atoms with Crippen LogP contribution in [0.25, 0.3) is 5.69 Å². The lowest BCUT2D eigenvalue weighted by atomic mass is 10.2. The highest BCUT2D eigenvalue weighted by atomic mass is 32.1. The first-order chi connectivity index (χ1) is 16.0. The predicted molar refractivity (Wildman–Crippen MR) is 121 cm³/mol. The van der Waals surface area contributed by atoms with Crippen molar-refractivity contribution >= 4 is 34.0 Å². The van der Waals surface area contributed by atoms with Crippen LogP contribution in [0.2, 0.25) is 0 Å². The van der Waals surface area contributed by atoms with E-state index in [0.717, 1.165) is 0 Å². The van der Waals surface area contributed by atoms with Crippen LogP contribution in [-0.4, -0.2) is 33.5 Å². The lowest BCUT2D eigenvalue weighted by Crippen LogP contribution is -2.23. The fourth-order valence-electron chi connectivity index (χ4n) is 3.15. The van der Waals surface area contributed by atoms with Crippen molar-refractivity contribution in [2.75, 3.05) is 12.0 Å². The molecule has 0 spiro atoms. The van der Waals surface area contributed by atoms with Gasteiger partial charge in [-0.15, -0.1) is 11.3 Å². The van der Waals surface area contributed by atoms with Crippen LogP contribution in [0.5, 0.6) is 5.75 Å². The number of hydrogen-bond acceptors (Lipinski definition) is 7. The van der Waals surface area contributed by atoms with Gasteiger partial charge in [0.1, 0.15) is 18.2 Å². The van der Waals surface area contributed by atoms with Gasteiger partial charge in [0, 0.05) is 18.0 Å². The van der Waals surface area contributed by atoms with Gasteiger partial charge in [0.15, 0.2) is 10.8 Å². The summed E-state index contributed by atoms with van der Waals surface area (Å²) in [6, 6.07) is 12.8. The monoisotopic (exact) mass is 466 g/mol. The highest BCUT2D eigenvalue weighted by molar-refractivity contribution is 7.14. The first-order valence-electron chi connectivity index (χ1n) is 9.81. The number of benzene rings is 2. The smallest absolute Gasteiger partial charge is 0.357 e. The summed E-state index contributed by atoms with van der Waals surface area (Å²) in [6.45, 7) is 1.34. The van der Waals surface area contributed by atoms with E-state index in [0.29, 0.717) is 27.9 Å². The average molecular weight is 466 g/mol. The number of imidazole rings is 1. The Labute approximate surface area is 192 Å². The summed E-state index contributed by atoms with van der Waals surface area (Å²) in [7, 11) is 1.53. The molecule has 0 bridgehead atoms. The number of aromatic nitrogens is 3. The van der Waals surface area contributed by atoms with E-state index in [4.69, 9.17) is 9.47 Å². The molecule has 8 nitrogen and oxygen atoms in total. The Kier molecular flexibility index (Phi) is 6.45. The molecule has 10 heteroatoms. The quantitative estimate of drug-likeness (QED) is 0.372. The molecule has 0 saturated heterocycles. The van der Waals surface area contributed by atoms with Crippen LogP contribution in [0, 0.1) is 5.82 Å². The van der Waals surface area contributed by atoms with Gasteiger partial charge >= 0.3 is 5.97 Å². The predicted octanol–water partition coefficient (Wildman–Crippen LogP) is 4.52. The van der Waals surface area contributed by atoms with Gasteiger partial charge < -0.3 is 9.47 Å². The van der Waals surface area contributed by atoms with Crippen LogP contribution in [0.15, 0.2) is 66.4 Å². The maximum atomic E-state index is 13.2. The molecule has 0 unspecified atom stereocenters. The summed E-state index contributed by atoms with van der Waals surface area (Å²) in [6.07, 6.45) is 2.82. The van der Waals surface area contributed by atoms with E-state index >= 15 is 0 Å². The number of anilines is 2. The van der Waals surface area contributed by atoms with Gasteiger partial charge in [0.2, 0.25) is 5.91 Å². The number of nitrogens with zero attached hydrogens (tertiary/aromatic N) is 4. The Bertz CT molecular complexity index is 1290. The fourth-order valence-corrected chi connectivity index (χ4v) is 4.02. The molecule has 168 valence electrons. The molecule has 33 heavy (non-hydrogen) atoms. The van der Waals surface area contributed by atoms with Crippen molar-refractivity contribution in [3.63, 3.8) is 0 Å². The van der Waals surface area contributed by atoms with Crippen LogP contribution in [0.4, 0.5) is 15.2 Å². The fraction of sp³-hybridized carbons (Fsp3) is 0.130. The lowest BCUT2D eigenvalue weighted by molar-refractivity contribution is -0.115. The average Bonchev–Trinajstić information content (AvgIpc) is 3.48. The molecular weight excluding hydrogens is 447 g/mol. The third-order valence-electron chi connectivity index (χ3n) is 4.68. The van der Waals surface area contributed by atoms with Crippen LogP contribution in [0.1, 0.15) is 23.1 Å². The summed E-state index contributed by atoms with van der Waals surface area (Å²) in [5.74, 6) is -0.694. The number of hydrogen-bond donors (Lipinski definition) is 0. The third-order valence-corrected chi connectivity index (χ3v) is 5.55. The van der Waals surface area contributed by atoms with E-state index < -0.39 is 5.97 Å². The zero-order chi connectivity index (χ0) is 23.4. The van der Waals surface area contributed by atoms with E-state index in [2.05, 4.69) is 9.97 Å². The van der Waals surface area contributed by atoms with Crippen molar-refractivity contribution in [2.45, 2.75) is 13.5 Å². The van der Waals surface area contributed by atoms with Crippen molar-refractivity contribution in [1.29, 1.82) is 0 Å². The zero-order valence-corrected chi connectivity index (χ0v) is 18.6. The first kappa shape index (κ1) is 22.2. The minimum absolute atomic E-state index is 0.0956. The van der Waals surface area contributed by atoms with E-state index in [1.807, 2.05) is 6.07 Å². The number of carbonyl (C=O) groups is 2. The van der Waals surface area contributed by atoms with Gasteiger partial charge in [0.25, 0.3) is 0 Å². The van der Waals surface area contributed by atoms with Gasteiger partial charge in [-0.2, -0.15) is 0 Å². The van der Waals surface area contributed by atoms with Crippen molar-refractivity contribution in [3.8, 4) is 11.4 Å². The second kappa shape index (κ2) is 9.61. The highest BCUT2D eigenvalue weighted by Crippen LogP contribution is 2.35. The van der Waals surface area contributed by atoms with Crippen LogP contribution < -0.4 is 9.64 Å². The number of halogens is 1. The van der Waals surface area contributed by atoms with Gasteiger partial charge in [-0.3, -0.25) is 14.3 Å². The maximum absolute atomic E-state index is 13.2. The van der Waals surface area contributed by atoms with Crippen molar-refractivity contribution in [1.82, 2.24) is 14.5 Å². The molecule has 1 amide bonds. The molecule has 0 aliphatic carbocycles. The van der Waals surface area contributed by atoms with E-state index in [1.165, 1.54) is 71.6 Å². The van der Waals surface area contributed by atoms with Crippen molar-refractivity contribution in [3.05, 3.63) is 83.6 Å². The largest absolute Gasteiger partial charge is 0.495 e. The van der Waals surface area contributed by atoms with Gasteiger partial charge in [-0.1, -0.05) is 12.1 Å². The summed E-state index contributed by atoms with van der Waals surface area (Å²) < 4.78 is 25.5. The number of ether oxygens (including phenoxy) is 2. The summed E-state index contributed by atoms with van der Waals surface area (Å²) in [4.78, 5) is 34.9. The SMILES string of the molecule is COc1ccccc1N(C(C)=O)c1nc(COC(=O)c2cncn2-c2ccc(F)cc2)cs1. The molecule has 0 atom stereocenters. The number of esters is 1. The molecule has 2 aromatic heterocycles. The zero-order valence-electron chi connectivity index (χ0n) is 17.8. The lowest BCUT2D eigenvalue weighted by Gasteiger charge is -2.20. The molecular formula is C23H19FN4O4S. The number of amides is 1. The van der Waals surface area contributed by atoms with Gasteiger partial charge in [0.05, 0.1) is 31.0 Å². The second-order valence-electron chi connectivity index (χ2n) is 6.85. The molecule has 2 aromatic carbocycles. The maximum Gasteiger partial charge on any atom is 0.357 e. The Hall–Kier alpha value is -4.05. The number of thiazole rings is 1. The van der Waals surface area contributed by atoms with Crippen LogP contribution in [0.3, 0.4) is 0 Å². The molecule has 2 heterocycles. The molecule has 4 aromatic rings. The molecule has 0 saturated carbocycles. The standard InChI is InChI=1S/C23H19FN4O4S/c1-15(29)28(19-5-3-4-6-21(19)31-2)23-26-17(13-33-23)12-32-22(30)20-11-25-14-27(20)18-9-7-16(24)8-10-18/h3-11,13-14H,12H2,1-2H3. The minimum atomic E-state index is -0.612. The number of methoxy groups -OCH3 is 1. The summed E-state index contributed by atoms with van der Waals surface area (Å²) >= 11 is 1.24. The molecule has 4 rings (SSSR count). The molecule has 0 aliphatic rings. The normalized spacial score (nSPS) is 10.6. The summed E-state index contributed by atoms with van der Waals surface area (Å²) in [5.41, 5.74) is 1.81. The highest BCUT2D eigenvalue weighted by Gasteiger charge is 2.22. The van der Waals surface area contributed by atoms with E-state index in [1.54, 1.807) is 23.6 Å². The van der Waals surface area contributed by atoms with Gasteiger partial charge in [-0.05, 0) is 36.4 Å². The van der Waals surface area contributed by atoms with E-state index in [-0.39, 0.29) is 24.0 Å². The van der Waals surface area contributed by atoms with Gasteiger partial charge in [-0.25, -0.2) is 19.2 Å². The number of rotatable bonds is 7. The molecule has 0 N–H and O–H groups in total. The second-order valence-corrected chi connectivity index (χ2v) is 7.69. The topological polar surface area (TPSA) is 86.5 Å². The van der Waals surface area contributed by atoms with Crippen LogP contribution >= 0.6 is 11.3 Å². The third kappa shape index (κ3) is 4.75. The number of para-hydroxylation sites is 2. The molecule has 0 radical (unpaired) electrons. The Morgan fingerprint density at radius 3 is 2.64 bits per heavy atom. The Morgan fingerprint density at radius 1 is 1.15 bits per heavy atom. The van der Waals surface area contributed by atoms with Crippen molar-refractivity contribution in [2.24, 2.45) is 0 Å². The Balaban J connectivity index is 1.49. The first-order valence-corrected chi connectivity index (χ1v) is 10.7. The van der Waals surface area contributed by atoms with Crippen molar-refractivity contribution < 1.29 is 23.5 Å². The molecule has 0 fully saturated rings. The minimum Gasteiger partial charge on any atom is -0.495 e. The molecule has 0 aliphatic heterocycles. The number of carbonyl (C=O) groups excluding carboxylic acids is 2. The summed E-state index contributed by atoms with van der Waals surface area (Å²) in [5, 5.41) is 2.14. The van der Waals surface area contributed by atoms with E-state index in [9.17, 15) is 14.0 Å². The van der Waals surface area contributed by atoms with Crippen LogP contribution in [-0.2, 0) is 16.1 Å².